The Morgan fingerprint density at radius 2 is 1.93 bits per heavy atom. The van der Waals surface area contributed by atoms with E-state index in [0.29, 0.717) is 16.1 Å². The number of benzene rings is 1. The first-order valence-electron chi connectivity index (χ1n) is 5.20. The highest BCUT2D eigenvalue weighted by molar-refractivity contribution is 6.42. The van der Waals surface area contributed by atoms with Crippen LogP contribution in [0.2, 0.25) is 10.0 Å². The second-order valence-electron chi connectivity index (χ2n) is 3.82. The number of anilines is 2. The average Bonchev–Trinajstić information content (AvgIpc) is 2.21. The summed E-state index contributed by atoms with van der Waals surface area (Å²) in [7, 11) is 0. The Labute approximate surface area is 100.0 Å². The van der Waals surface area contributed by atoms with E-state index in [0.717, 1.165) is 24.3 Å². The number of halogens is 2. The Hall–Kier alpha value is -0.600. The lowest BCUT2D eigenvalue weighted by molar-refractivity contribution is 0.655. The van der Waals surface area contributed by atoms with Gasteiger partial charge >= 0.3 is 0 Å². The van der Waals surface area contributed by atoms with E-state index in [4.69, 9.17) is 23.2 Å². The summed E-state index contributed by atoms with van der Waals surface area (Å²) in [5.74, 6) is 0. The fourth-order valence-electron chi connectivity index (χ4n) is 1.84. The lowest BCUT2D eigenvalue weighted by Gasteiger charge is -2.28. The molecular formula is C11H14Cl2N2. The summed E-state index contributed by atoms with van der Waals surface area (Å²) in [4.78, 5) is 0. The summed E-state index contributed by atoms with van der Waals surface area (Å²) in [5.41, 5.74) is 2.09. The van der Waals surface area contributed by atoms with Gasteiger partial charge in [-0.1, -0.05) is 36.5 Å². The van der Waals surface area contributed by atoms with Crippen molar-refractivity contribution in [2.24, 2.45) is 0 Å². The molecule has 0 saturated carbocycles. The standard InChI is InChI=1S/C11H14Cl2N2/c1-2-3-7-6-14-10-4-8(12)9(13)5-11(10)15-7/h4-5,7,14-15H,2-3,6H2,1H3. The van der Waals surface area contributed by atoms with E-state index in [1.54, 1.807) is 0 Å². The molecule has 1 aliphatic heterocycles. The van der Waals surface area contributed by atoms with E-state index >= 15 is 0 Å². The Bertz CT molecular complexity index is 366. The van der Waals surface area contributed by atoms with Crippen LogP contribution in [0.4, 0.5) is 11.4 Å². The predicted molar refractivity (Wildman–Crippen MR) is 67.3 cm³/mol. The first-order chi connectivity index (χ1) is 7.20. The molecule has 0 fully saturated rings. The SMILES string of the molecule is CCCC1CNc2cc(Cl)c(Cl)cc2N1. The first kappa shape index (κ1) is 10.9. The maximum Gasteiger partial charge on any atom is 0.0614 e. The van der Waals surface area contributed by atoms with Crippen molar-refractivity contribution in [3.63, 3.8) is 0 Å². The summed E-state index contributed by atoms with van der Waals surface area (Å²) in [6, 6.07) is 4.24. The molecule has 0 aromatic heterocycles. The first-order valence-corrected chi connectivity index (χ1v) is 5.95. The van der Waals surface area contributed by atoms with E-state index in [9.17, 15) is 0 Å². The van der Waals surface area contributed by atoms with Crippen molar-refractivity contribution in [2.45, 2.75) is 25.8 Å². The topological polar surface area (TPSA) is 24.1 Å². The van der Waals surface area contributed by atoms with Crippen molar-refractivity contribution in [3.05, 3.63) is 22.2 Å². The van der Waals surface area contributed by atoms with Gasteiger partial charge < -0.3 is 10.6 Å². The third-order valence-electron chi connectivity index (χ3n) is 2.60. The highest BCUT2D eigenvalue weighted by Crippen LogP contribution is 2.35. The molecule has 1 atom stereocenters. The maximum absolute atomic E-state index is 5.97. The summed E-state index contributed by atoms with van der Waals surface area (Å²) in [5, 5.41) is 8.02. The molecule has 1 unspecified atom stereocenters. The smallest absolute Gasteiger partial charge is 0.0614 e. The van der Waals surface area contributed by atoms with Crippen LogP contribution in [0.1, 0.15) is 19.8 Å². The summed E-state index contributed by atoms with van der Waals surface area (Å²) >= 11 is 11.9. The number of nitrogens with one attached hydrogen (secondary N) is 2. The predicted octanol–water partition coefficient (Wildman–Crippen LogP) is 4.00. The molecule has 1 aromatic rings. The van der Waals surface area contributed by atoms with Crippen LogP contribution in [0, 0.1) is 0 Å². The number of fused-ring (bicyclic) bond motifs is 1. The molecule has 1 heterocycles. The van der Waals surface area contributed by atoms with Gasteiger partial charge in [-0.05, 0) is 18.6 Å². The molecule has 0 amide bonds. The van der Waals surface area contributed by atoms with E-state index in [-0.39, 0.29) is 0 Å². The van der Waals surface area contributed by atoms with Crippen molar-refractivity contribution in [1.29, 1.82) is 0 Å². The van der Waals surface area contributed by atoms with Gasteiger partial charge in [0, 0.05) is 12.6 Å². The lowest BCUT2D eigenvalue weighted by atomic mass is 10.1. The summed E-state index contributed by atoms with van der Waals surface area (Å²) in [6.45, 7) is 3.13. The molecule has 4 heteroatoms. The average molecular weight is 245 g/mol. The van der Waals surface area contributed by atoms with Gasteiger partial charge in [0.2, 0.25) is 0 Å². The summed E-state index contributed by atoms with van der Waals surface area (Å²) < 4.78 is 0. The van der Waals surface area contributed by atoms with Gasteiger partial charge in [0.05, 0.1) is 21.4 Å². The zero-order valence-electron chi connectivity index (χ0n) is 8.61. The molecule has 0 aliphatic carbocycles. The van der Waals surface area contributed by atoms with Crippen LogP contribution in [-0.4, -0.2) is 12.6 Å². The molecule has 2 N–H and O–H groups in total. The van der Waals surface area contributed by atoms with Crippen LogP contribution in [0.15, 0.2) is 12.1 Å². The molecular weight excluding hydrogens is 231 g/mol. The third-order valence-corrected chi connectivity index (χ3v) is 3.32. The second kappa shape index (κ2) is 4.50. The van der Waals surface area contributed by atoms with Crippen molar-refractivity contribution < 1.29 is 0 Å². The molecule has 2 nitrogen and oxygen atoms in total. The minimum Gasteiger partial charge on any atom is -0.381 e. The molecule has 0 spiro atoms. The monoisotopic (exact) mass is 244 g/mol. The van der Waals surface area contributed by atoms with Crippen molar-refractivity contribution in [2.75, 3.05) is 17.2 Å². The molecule has 1 aliphatic rings. The Morgan fingerprint density at radius 1 is 1.27 bits per heavy atom. The molecule has 15 heavy (non-hydrogen) atoms. The largest absolute Gasteiger partial charge is 0.381 e. The number of rotatable bonds is 2. The molecule has 1 aromatic carbocycles. The fraction of sp³-hybridized carbons (Fsp3) is 0.455. The van der Waals surface area contributed by atoms with E-state index in [2.05, 4.69) is 17.6 Å². The Morgan fingerprint density at radius 3 is 2.60 bits per heavy atom. The zero-order valence-corrected chi connectivity index (χ0v) is 10.1. The van der Waals surface area contributed by atoms with Crippen LogP contribution in [-0.2, 0) is 0 Å². The van der Waals surface area contributed by atoms with E-state index in [1.807, 2.05) is 12.1 Å². The van der Waals surface area contributed by atoms with Crippen LogP contribution < -0.4 is 10.6 Å². The Balaban J connectivity index is 2.22. The molecule has 0 bridgehead atoms. The molecule has 2 rings (SSSR count). The van der Waals surface area contributed by atoms with Crippen LogP contribution in [0.5, 0.6) is 0 Å². The van der Waals surface area contributed by atoms with E-state index < -0.39 is 0 Å². The number of hydrogen-bond donors (Lipinski definition) is 2. The minimum atomic E-state index is 0.486. The minimum absolute atomic E-state index is 0.486. The Kier molecular flexibility index (Phi) is 3.27. The fourth-order valence-corrected chi connectivity index (χ4v) is 2.17. The molecule has 0 saturated heterocycles. The number of hydrogen-bond acceptors (Lipinski definition) is 2. The van der Waals surface area contributed by atoms with Crippen molar-refractivity contribution in [1.82, 2.24) is 0 Å². The highest BCUT2D eigenvalue weighted by atomic mass is 35.5. The molecule has 0 radical (unpaired) electrons. The van der Waals surface area contributed by atoms with Crippen LogP contribution in [0.3, 0.4) is 0 Å². The second-order valence-corrected chi connectivity index (χ2v) is 4.64. The van der Waals surface area contributed by atoms with Crippen molar-refractivity contribution >= 4 is 34.6 Å². The quantitative estimate of drug-likeness (QED) is 0.822. The van der Waals surface area contributed by atoms with Gasteiger partial charge in [0.1, 0.15) is 0 Å². The third kappa shape index (κ3) is 2.32. The molecule has 82 valence electrons. The van der Waals surface area contributed by atoms with Crippen LogP contribution >= 0.6 is 23.2 Å². The van der Waals surface area contributed by atoms with Gasteiger partial charge in [-0.3, -0.25) is 0 Å². The van der Waals surface area contributed by atoms with Gasteiger partial charge in [-0.2, -0.15) is 0 Å². The van der Waals surface area contributed by atoms with Gasteiger partial charge in [0.15, 0.2) is 0 Å². The van der Waals surface area contributed by atoms with Crippen molar-refractivity contribution in [3.8, 4) is 0 Å². The van der Waals surface area contributed by atoms with Crippen LogP contribution in [0.25, 0.3) is 0 Å². The lowest BCUT2D eigenvalue weighted by Crippen LogP contribution is -2.32. The van der Waals surface area contributed by atoms with Gasteiger partial charge in [-0.25, -0.2) is 0 Å². The van der Waals surface area contributed by atoms with Gasteiger partial charge in [0.25, 0.3) is 0 Å². The highest BCUT2D eigenvalue weighted by Gasteiger charge is 2.17. The zero-order chi connectivity index (χ0) is 10.8. The maximum atomic E-state index is 5.97. The van der Waals surface area contributed by atoms with E-state index in [1.165, 1.54) is 6.42 Å². The normalized spacial score (nSPS) is 19.0. The van der Waals surface area contributed by atoms with Gasteiger partial charge in [-0.15, -0.1) is 0 Å². The summed E-state index contributed by atoms with van der Waals surface area (Å²) in [6.07, 6.45) is 2.34.